The van der Waals surface area contributed by atoms with E-state index >= 15 is 0 Å². The zero-order valence-corrected chi connectivity index (χ0v) is 11.4. The zero-order valence-electron chi connectivity index (χ0n) is 11.4. The fourth-order valence-corrected chi connectivity index (χ4v) is 2.01. The third-order valence-electron chi connectivity index (χ3n) is 3.05. The van der Waals surface area contributed by atoms with Gasteiger partial charge in [0, 0.05) is 20.2 Å². The van der Waals surface area contributed by atoms with Crippen LogP contribution >= 0.6 is 0 Å². The third kappa shape index (κ3) is 2.27. The molecule has 0 saturated heterocycles. The van der Waals surface area contributed by atoms with Gasteiger partial charge in [-0.3, -0.25) is 4.79 Å². The van der Waals surface area contributed by atoms with Gasteiger partial charge in [-0.05, 0) is 18.2 Å². The molecule has 0 bridgehead atoms. The summed E-state index contributed by atoms with van der Waals surface area (Å²) in [4.78, 5) is 21.4. The van der Waals surface area contributed by atoms with Crippen molar-refractivity contribution in [3.05, 3.63) is 52.6 Å². The van der Waals surface area contributed by atoms with Gasteiger partial charge in [0.15, 0.2) is 0 Å². The Labute approximate surface area is 115 Å². The number of rotatable bonds is 3. The maximum Gasteiger partial charge on any atom is 0.267 e. The van der Waals surface area contributed by atoms with Crippen LogP contribution in [0.25, 0.3) is 11.0 Å². The van der Waals surface area contributed by atoms with Crippen molar-refractivity contribution < 1.29 is 0 Å². The van der Waals surface area contributed by atoms with Crippen molar-refractivity contribution >= 4 is 16.9 Å². The minimum atomic E-state index is -0.143. The molecule has 3 rings (SSSR count). The molecule has 0 unspecified atom stereocenters. The fraction of sp³-hybridized carbons (Fsp3) is 0.214. The van der Waals surface area contributed by atoms with Crippen molar-refractivity contribution in [2.24, 2.45) is 0 Å². The van der Waals surface area contributed by atoms with E-state index in [-0.39, 0.29) is 5.56 Å². The second-order valence-corrected chi connectivity index (χ2v) is 4.78. The number of hydrogen-bond donors (Lipinski definition) is 1. The SMILES string of the molecule is CN(C)c1ccc(=O)n(Cc2nc3ccccc3[nH]2)n1. The Bertz CT molecular complexity index is 769. The maximum atomic E-state index is 11.9. The average molecular weight is 269 g/mol. The molecule has 1 aromatic carbocycles. The van der Waals surface area contributed by atoms with E-state index in [4.69, 9.17) is 0 Å². The lowest BCUT2D eigenvalue weighted by Gasteiger charge is -2.12. The summed E-state index contributed by atoms with van der Waals surface area (Å²) in [5.41, 5.74) is 1.70. The lowest BCUT2D eigenvalue weighted by molar-refractivity contribution is 0.618. The van der Waals surface area contributed by atoms with E-state index < -0.39 is 0 Å². The number of anilines is 1. The molecule has 6 nitrogen and oxygen atoms in total. The Hall–Kier alpha value is -2.63. The van der Waals surface area contributed by atoms with E-state index in [1.54, 1.807) is 6.07 Å². The minimum Gasteiger partial charge on any atom is -0.361 e. The molecule has 0 saturated carbocycles. The van der Waals surface area contributed by atoms with Gasteiger partial charge in [-0.25, -0.2) is 9.67 Å². The number of para-hydroxylation sites is 2. The number of aromatic amines is 1. The first-order chi connectivity index (χ1) is 9.63. The number of imidazole rings is 1. The lowest BCUT2D eigenvalue weighted by Crippen LogP contribution is -2.25. The van der Waals surface area contributed by atoms with E-state index in [9.17, 15) is 4.79 Å². The molecule has 2 aromatic heterocycles. The van der Waals surface area contributed by atoms with Crippen LogP contribution in [0.5, 0.6) is 0 Å². The number of nitrogens with one attached hydrogen (secondary N) is 1. The van der Waals surface area contributed by atoms with Crippen LogP contribution in [-0.4, -0.2) is 33.8 Å². The second-order valence-electron chi connectivity index (χ2n) is 4.78. The summed E-state index contributed by atoms with van der Waals surface area (Å²) in [6.45, 7) is 0.329. The predicted molar refractivity (Wildman–Crippen MR) is 78.0 cm³/mol. The van der Waals surface area contributed by atoms with Crippen molar-refractivity contribution in [2.45, 2.75) is 6.54 Å². The van der Waals surface area contributed by atoms with Crippen LogP contribution in [0.4, 0.5) is 5.82 Å². The Morgan fingerprint density at radius 1 is 1.20 bits per heavy atom. The number of H-pyrrole nitrogens is 1. The monoisotopic (exact) mass is 269 g/mol. The van der Waals surface area contributed by atoms with Crippen molar-refractivity contribution in [3.63, 3.8) is 0 Å². The molecule has 0 fully saturated rings. The van der Waals surface area contributed by atoms with Crippen molar-refractivity contribution in [1.29, 1.82) is 0 Å². The van der Waals surface area contributed by atoms with Gasteiger partial charge in [-0.15, -0.1) is 0 Å². The van der Waals surface area contributed by atoms with E-state index in [0.29, 0.717) is 6.54 Å². The predicted octanol–water partition coefficient (Wildman–Crippen LogP) is 1.23. The van der Waals surface area contributed by atoms with Crippen molar-refractivity contribution in [2.75, 3.05) is 19.0 Å². The fourth-order valence-electron chi connectivity index (χ4n) is 2.01. The summed E-state index contributed by atoms with van der Waals surface area (Å²) in [5.74, 6) is 1.46. The van der Waals surface area contributed by atoms with Gasteiger partial charge in [0.05, 0.1) is 11.0 Å². The van der Waals surface area contributed by atoms with Crippen LogP contribution in [0, 0.1) is 0 Å². The molecule has 3 aromatic rings. The number of hydrogen-bond acceptors (Lipinski definition) is 4. The molecule has 0 aliphatic rings. The topological polar surface area (TPSA) is 66.8 Å². The number of fused-ring (bicyclic) bond motifs is 1. The van der Waals surface area contributed by atoms with Gasteiger partial charge in [0.25, 0.3) is 5.56 Å². The van der Waals surface area contributed by atoms with Crippen LogP contribution in [-0.2, 0) is 6.54 Å². The molecule has 0 aliphatic carbocycles. The van der Waals surface area contributed by atoms with E-state index in [2.05, 4.69) is 15.1 Å². The summed E-state index contributed by atoms with van der Waals surface area (Å²) in [7, 11) is 3.77. The molecule has 6 heteroatoms. The van der Waals surface area contributed by atoms with Crippen molar-refractivity contribution in [1.82, 2.24) is 19.7 Å². The highest BCUT2D eigenvalue weighted by atomic mass is 16.1. The van der Waals surface area contributed by atoms with Gasteiger partial charge >= 0.3 is 0 Å². The van der Waals surface area contributed by atoms with Crippen LogP contribution < -0.4 is 10.5 Å². The summed E-state index contributed by atoms with van der Waals surface area (Å²) in [5, 5.41) is 4.31. The standard InChI is InChI=1S/C14H15N5O/c1-18(2)13-7-8-14(20)19(17-13)9-12-15-10-5-3-4-6-11(10)16-12/h3-8H,9H2,1-2H3,(H,15,16). The molecule has 102 valence electrons. The van der Waals surface area contributed by atoms with Gasteiger partial charge in [0.2, 0.25) is 0 Å². The molecule has 0 spiro atoms. The number of benzene rings is 1. The molecule has 2 heterocycles. The molecule has 0 atom stereocenters. The average Bonchev–Trinajstić information content (AvgIpc) is 2.83. The van der Waals surface area contributed by atoms with Gasteiger partial charge < -0.3 is 9.88 Å². The van der Waals surface area contributed by atoms with E-state index in [1.165, 1.54) is 10.7 Å². The molecule has 0 amide bonds. The smallest absolute Gasteiger partial charge is 0.267 e. The van der Waals surface area contributed by atoms with Crippen LogP contribution in [0.1, 0.15) is 5.82 Å². The Balaban J connectivity index is 1.98. The Kier molecular flexibility index (Phi) is 2.98. The lowest BCUT2D eigenvalue weighted by atomic mass is 10.3. The molecule has 20 heavy (non-hydrogen) atoms. The first-order valence-electron chi connectivity index (χ1n) is 6.32. The molecule has 1 N–H and O–H groups in total. The number of aromatic nitrogens is 4. The van der Waals surface area contributed by atoms with Gasteiger partial charge in [-0.2, -0.15) is 5.10 Å². The normalized spacial score (nSPS) is 10.9. The number of nitrogens with zero attached hydrogens (tertiary/aromatic N) is 4. The van der Waals surface area contributed by atoms with Crippen LogP contribution in [0.2, 0.25) is 0 Å². The van der Waals surface area contributed by atoms with Crippen molar-refractivity contribution in [3.8, 4) is 0 Å². The molecular formula is C14H15N5O. The molecule has 0 aliphatic heterocycles. The summed E-state index contributed by atoms with van der Waals surface area (Å²) in [6, 6.07) is 11.0. The van der Waals surface area contributed by atoms with Gasteiger partial charge in [-0.1, -0.05) is 12.1 Å². The third-order valence-corrected chi connectivity index (χ3v) is 3.05. The van der Waals surface area contributed by atoms with Crippen LogP contribution in [0.3, 0.4) is 0 Å². The molecular weight excluding hydrogens is 254 g/mol. The highest BCUT2D eigenvalue weighted by molar-refractivity contribution is 5.74. The molecule has 0 radical (unpaired) electrons. The highest BCUT2D eigenvalue weighted by Gasteiger charge is 2.06. The largest absolute Gasteiger partial charge is 0.361 e. The minimum absolute atomic E-state index is 0.143. The summed E-state index contributed by atoms with van der Waals surface area (Å²) >= 11 is 0. The first kappa shape index (κ1) is 12.4. The van der Waals surface area contributed by atoms with E-state index in [1.807, 2.05) is 43.3 Å². The quantitative estimate of drug-likeness (QED) is 0.776. The Morgan fingerprint density at radius 2 is 2.00 bits per heavy atom. The second kappa shape index (κ2) is 4.80. The van der Waals surface area contributed by atoms with Gasteiger partial charge in [0.1, 0.15) is 18.2 Å². The first-order valence-corrected chi connectivity index (χ1v) is 6.32. The van der Waals surface area contributed by atoms with E-state index in [0.717, 1.165) is 22.7 Å². The Morgan fingerprint density at radius 3 is 2.75 bits per heavy atom. The highest BCUT2D eigenvalue weighted by Crippen LogP contribution is 2.11. The van der Waals surface area contributed by atoms with Crippen LogP contribution in [0.15, 0.2) is 41.2 Å². The maximum absolute atomic E-state index is 11.9. The summed E-state index contributed by atoms with van der Waals surface area (Å²) < 4.78 is 1.41. The summed E-state index contributed by atoms with van der Waals surface area (Å²) in [6.07, 6.45) is 0. The zero-order chi connectivity index (χ0) is 14.1.